The SMILES string of the molecule is Cc1ccc(C(=O)N(CC2CC2)c2cccc(C(=O)Nc3c(Br)cc(C(F)(C(F)(F)F)C(F)(F)F)cc3C(F)(F)F)c2F)cc1.Cc1ccc(C(=O)N(CC2CC2)c2cccc(C(=O)Nc3ccc(C(C)(F)C(F)(F)F)cc3C(F)(F)F)c2F)cc1. The molecule has 0 spiro atoms. The number of nitrogens with one attached hydrogen (secondary N) is 2. The highest BCUT2D eigenvalue weighted by atomic mass is 79.9. The largest absolute Gasteiger partial charge is 0.435 e. The summed E-state index contributed by atoms with van der Waals surface area (Å²) in [5.41, 5.74) is -20.6. The summed E-state index contributed by atoms with van der Waals surface area (Å²) in [5.74, 6) is -6.53. The van der Waals surface area contributed by atoms with Gasteiger partial charge in [0.2, 0.25) is 5.67 Å². The second-order valence-corrected chi connectivity index (χ2v) is 21.3. The van der Waals surface area contributed by atoms with Gasteiger partial charge in [0.15, 0.2) is 11.6 Å². The molecule has 2 saturated carbocycles. The van der Waals surface area contributed by atoms with Crippen LogP contribution in [0, 0.1) is 37.3 Å². The molecular weight excluding hydrogens is 1260 g/mol. The van der Waals surface area contributed by atoms with Crippen molar-refractivity contribution in [1.29, 1.82) is 0 Å². The maximum atomic E-state index is 15.8. The van der Waals surface area contributed by atoms with Crippen LogP contribution >= 0.6 is 15.9 Å². The number of halogens is 20. The summed E-state index contributed by atoms with van der Waals surface area (Å²) in [7, 11) is 0. The predicted octanol–water partition coefficient (Wildman–Crippen LogP) is 17.7. The number of nitrogens with zero attached hydrogens (tertiary/aromatic N) is 2. The second-order valence-electron chi connectivity index (χ2n) is 20.4. The summed E-state index contributed by atoms with van der Waals surface area (Å²) in [4.78, 5) is 54.9. The molecule has 2 aliphatic rings. The van der Waals surface area contributed by atoms with E-state index in [0.717, 1.165) is 66.0 Å². The number of hydrogen-bond donors (Lipinski definition) is 2. The zero-order chi connectivity index (χ0) is 64.0. The average molecular weight is 1300 g/mol. The number of aryl methyl sites for hydroxylation is 2. The molecule has 6 aromatic carbocycles. The van der Waals surface area contributed by atoms with Crippen molar-refractivity contribution >= 4 is 62.3 Å². The molecule has 2 fully saturated rings. The molecular formula is C58H44BrF19N4O4. The zero-order valence-electron chi connectivity index (χ0n) is 44.5. The van der Waals surface area contributed by atoms with Crippen molar-refractivity contribution in [1.82, 2.24) is 0 Å². The fourth-order valence-electron chi connectivity index (χ4n) is 8.57. The molecule has 0 saturated heterocycles. The molecule has 0 radical (unpaired) electrons. The van der Waals surface area contributed by atoms with Crippen LogP contribution in [0.4, 0.5) is 106 Å². The zero-order valence-corrected chi connectivity index (χ0v) is 46.0. The van der Waals surface area contributed by atoms with Crippen molar-refractivity contribution < 1.29 is 103 Å². The number of carbonyl (C=O) groups excluding carboxylic acids is 4. The number of benzene rings is 6. The molecule has 0 aromatic heterocycles. The normalized spacial score (nSPS) is 14.8. The molecule has 8 rings (SSSR count). The molecule has 4 amide bonds. The Hall–Kier alpha value is -7.65. The van der Waals surface area contributed by atoms with Gasteiger partial charge >= 0.3 is 36.6 Å². The van der Waals surface area contributed by atoms with Crippen LogP contribution in [0.5, 0.6) is 0 Å². The highest BCUT2D eigenvalue weighted by Gasteiger charge is 2.74. The van der Waals surface area contributed by atoms with Gasteiger partial charge in [0, 0.05) is 34.3 Å². The van der Waals surface area contributed by atoms with Crippen LogP contribution in [0.2, 0.25) is 0 Å². The fourth-order valence-corrected chi connectivity index (χ4v) is 9.13. The standard InChI is InChI=1S/C29H20BrF11N2O2.C29H24F8N2O2/c1-14-5-9-16(10-6-14)25(45)43(13-15-7-8-15)21-4-2-3-18(22(21)31)24(44)42-23-19(27(33,34)35)11-17(12-20(23)30)26(32,28(36,37)38)29(39,40)41;1-16-6-10-18(11-7-16)26(41)39(15-17-8-9-17)23-5-3-4-20(24(23)30)25(40)38-22-13-12-19(14-21(22)28(32,33)34)27(2,31)29(35,36)37/h2-6,9-12,15H,7-8,13H2,1H3,(H,42,44);3-7,10-14,17H,8-9,15H2,1-2H3,(H,38,40). The van der Waals surface area contributed by atoms with E-state index in [0.29, 0.717) is 12.1 Å². The van der Waals surface area contributed by atoms with Crippen molar-refractivity contribution in [3.8, 4) is 0 Å². The lowest BCUT2D eigenvalue weighted by Gasteiger charge is -2.31. The van der Waals surface area contributed by atoms with E-state index in [1.54, 1.807) is 48.6 Å². The van der Waals surface area contributed by atoms with E-state index in [2.05, 4.69) is 15.9 Å². The molecule has 8 nitrogen and oxygen atoms in total. The van der Waals surface area contributed by atoms with E-state index in [9.17, 15) is 93.8 Å². The summed E-state index contributed by atoms with van der Waals surface area (Å²) >= 11 is 2.40. The number of carbonyl (C=O) groups is 4. The Labute approximate surface area is 484 Å². The number of anilines is 4. The monoisotopic (exact) mass is 1300 g/mol. The minimum Gasteiger partial charge on any atom is -0.321 e. The molecule has 6 aromatic rings. The Balaban J connectivity index is 0.000000247. The van der Waals surface area contributed by atoms with Crippen LogP contribution in [0.15, 0.2) is 120 Å². The van der Waals surface area contributed by atoms with Crippen molar-refractivity contribution in [2.45, 2.75) is 88.7 Å². The van der Waals surface area contributed by atoms with Gasteiger partial charge in [-0.3, -0.25) is 19.2 Å². The van der Waals surface area contributed by atoms with Gasteiger partial charge in [-0.2, -0.15) is 65.9 Å². The van der Waals surface area contributed by atoms with Crippen LogP contribution in [0.1, 0.15) is 107 Å². The van der Waals surface area contributed by atoms with E-state index < -0.39 is 138 Å². The van der Waals surface area contributed by atoms with Gasteiger partial charge in [0.25, 0.3) is 23.6 Å². The van der Waals surface area contributed by atoms with Gasteiger partial charge in [0.1, 0.15) is 0 Å². The molecule has 0 heterocycles. The smallest absolute Gasteiger partial charge is 0.321 e. The molecule has 86 heavy (non-hydrogen) atoms. The first kappa shape index (κ1) is 65.9. The lowest BCUT2D eigenvalue weighted by atomic mass is 9.92. The minimum atomic E-state index is -6.72. The first-order valence-corrected chi connectivity index (χ1v) is 26.1. The number of rotatable bonds is 14. The molecule has 2 aliphatic carbocycles. The average Bonchev–Trinajstić information content (AvgIpc) is 1.82. The van der Waals surface area contributed by atoms with Gasteiger partial charge in [0.05, 0.1) is 45.0 Å². The van der Waals surface area contributed by atoms with Crippen molar-refractivity contribution in [3.05, 3.63) is 187 Å². The van der Waals surface area contributed by atoms with Gasteiger partial charge in [-0.05, 0) is 153 Å². The first-order chi connectivity index (χ1) is 39.7. The topological polar surface area (TPSA) is 98.8 Å². The highest BCUT2D eigenvalue weighted by molar-refractivity contribution is 9.10. The van der Waals surface area contributed by atoms with Crippen molar-refractivity contribution in [2.24, 2.45) is 11.8 Å². The summed E-state index contributed by atoms with van der Waals surface area (Å²) in [6.45, 7) is 3.86. The van der Waals surface area contributed by atoms with E-state index in [1.807, 2.05) is 12.2 Å². The Morgan fingerprint density at radius 2 is 0.895 bits per heavy atom. The van der Waals surface area contributed by atoms with E-state index in [4.69, 9.17) is 0 Å². The molecule has 0 bridgehead atoms. The van der Waals surface area contributed by atoms with Crippen LogP contribution in [0.25, 0.3) is 0 Å². The van der Waals surface area contributed by atoms with Crippen molar-refractivity contribution in [2.75, 3.05) is 33.5 Å². The van der Waals surface area contributed by atoms with Crippen LogP contribution in [0.3, 0.4) is 0 Å². The Morgan fingerprint density at radius 3 is 1.27 bits per heavy atom. The molecule has 28 heteroatoms. The lowest BCUT2D eigenvalue weighted by molar-refractivity contribution is -0.348. The molecule has 1 atom stereocenters. The lowest BCUT2D eigenvalue weighted by Crippen LogP contribution is -2.50. The number of alkyl halides is 17. The van der Waals surface area contributed by atoms with Crippen LogP contribution in [-0.4, -0.2) is 55.2 Å². The fraction of sp³-hybridized carbons (Fsp3) is 0.310. The van der Waals surface area contributed by atoms with Gasteiger partial charge in [-0.1, -0.05) is 53.6 Å². The molecule has 1 unspecified atom stereocenters. The van der Waals surface area contributed by atoms with Gasteiger partial charge < -0.3 is 20.4 Å². The van der Waals surface area contributed by atoms with Crippen molar-refractivity contribution in [3.63, 3.8) is 0 Å². The summed E-state index contributed by atoms with van der Waals surface area (Å²) in [6.07, 6.45) is -26.9. The van der Waals surface area contributed by atoms with E-state index in [1.165, 1.54) is 29.2 Å². The first-order valence-electron chi connectivity index (χ1n) is 25.3. The summed E-state index contributed by atoms with van der Waals surface area (Å²) in [5, 5.41) is 3.52. The maximum absolute atomic E-state index is 15.8. The highest BCUT2D eigenvalue weighted by Crippen LogP contribution is 2.55. The second kappa shape index (κ2) is 24.3. The third kappa shape index (κ3) is 14.3. The Kier molecular flexibility index (Phi) is 18.6. The van der Waals surface area contributed by atoms with Crippen LogP contribution < -0.4 is 20.4 Å². The van der Waals surface area contributed by atoms with Gasteiger partial charge in [-0.25, -0.2) is 17.6 Å². The Bertz CT molecular complexity index is 3520. The van der Waals surface area contributed by atoms with Crippen LogP contribution in [-0.2, 0) is 23.7 Å². The molecule has 0 aliphatic heterocycles. The summed E-state index contributed by atoms with van der Waals surface area (Å²) < 4.78 is 261. The summed E-state index contributed by atoms with van der Waals surface area (Å²) in [6, 6.07) is 19.4. The third-order valence-corrected chi connectivity index (χ3v) is 14.5. The molecule has 460 valence electrons. The predicted molar refractivity (Wildman–Crippen MR) is 280 cm³/mol. The maximum Gasteiger partial charge on any atom is 0.435 e. The van der Waals surface area contributed by atoms with E-state index in [-0.39, 0.29) is 60.8 Å². The number of amides is 4. The molecule has 2 N–H and O–H groups in total. The minimum absolute atomic E-state index is 0.0103. The van der Waals surface area contributed by atoms with E-state index >= 15 is 8.78 Å². The third-order valence-electron chi connectivity index (χ3n) is 13.9. The Morgan fingerprint density at radius 1 is 0.500 bits per heavy atom. The number of hydrogen-bond acceptors (Lipinski definition) is 4. The quantitative estimate of drug-likeness (QED) is 0.106. The van der Waals surface area contributed by atoms with Gasteiger partial charge in [-0.15, -0.1) is 0 Å².